The monoisotopic (exact) mass is 242 g/mol. The third-order valence-electron chi connectivity index (χ3n) is 1.89. The minimum Gasteiger partial charge on any atom is -0.480 e. The maximum atomic E-state index is 11.1. The van der Waals surface area contributed by atoms with Crippen molar-refractivity contribution in [2.75, 3.05) is 6.54 Å². The Labute approximate surface area is 97.5 Å². The molecule has 3 N–H and O–H groups in total. The molecule has 0 unspecified atom stereocenters. The van der Waals surface area contributed by atoms with Gasteiger partial charge in [0.1, 0.15) is 6.54 Å². The van der Waals surface area contributed by atoms with Gasteiger partial charge in [0.25, 0.3) is 0 Å². The van der Waals surface area contributed by atoms with E-state index in [9.17, 15) is 9.59 Å². The molecule has 0 aromatic carbocycles. The highest BCUT2D eigenvalue weighted by atomic mass is 32.1. The molecular formula is C10H14N2O3S. The maximum absolute atomic E-state index is 11.1. The number of carbonyl (C=O) groups is 2. The van der Waals surface area contributed by atoms with Crippen LogP contribution in [0.3, 0.4) is 0 Å². The van der Waals surface area contributed by atoms with Gasteiger partial charge >= 0.3 is 12.0 Å². The summed E-state index contributed by atoms with van der Waals surface area (Å²) in [6, 6.07) is 3.52. The highest BCUT2D eigenvalue weighted by molar-refractivity contribution is 7.11. The van der Waals surface area contributed by atoms with Crippen LogP contribution in [0.15, 0.2) is 12.1 Å². The Balaban J connectivity index is 2.28. The van der Waals surface area contributed by atoms with Gasteiger partial charge in [0.15, 0.2) is 0 Å². The van der Waals surface area contributed by atoms with Gasteiger partial charge in [-0.15, -0.1) is 11.3 Å². The van der Waals surface area contributed by atoms with E-state index in [-0.39, 0.29) is 6.54 Å². The van der Waals surface area contributed by atoms with Crippen molar-refractivity contribution < 1.29 is 14.7 Å². The minimum absolute atomic E-state index is 0.365. The summed E-state index contributed by atoms with van der Waals surface area (Å²) >= 11 is 1.64. The Morgan fingerprint density at radius 2 is 2.00 bits per heavy atom. The number of carbonyl (C=O) groups excluding carboxylic acids is 1. The summed E-state index contributed by atoms with van der Waals surface area (Å²) in [5.41, 5.74) is 0. The average Bonchev–Trinajstić information content (AvgIpc) is 2.71. The van der Waals surface area contributed by atoms with E-state index < -0.39 is 12.0 Å². The lowest BCUT2D eigenvalue weighted by atomic mass is 10.4. The SMILES string of the molecule is CCc1ccc(CNC(=O)NCC(=O)O)s1. The van der Waals surface area contributed by atoms with Crippen molar-refractivity contribution in [3.05, 3.63) is 21.9 Å². The van der Waals surface area contributed by atoms with Crippen LogP contribution in [-0.4, -0.2) is 23.7 Å². The lowest BCUT2D eigenvalue weighted by molar-refractivity contribution is -0.135. The first kappa shape index (κ1) is 12.5. The molecule has 1 heterocycles. The Morgan fingerprint density at radius 1 is 1.31 bits per heavy atom. The fraction of sp³-hybridized carbons (Fsp3) is 0.400. The van der Waals surface area contributed by atoms with Crippen LogP contribution >= 0.6 is 11.3 Å². The second-order valence-corrected chi connectivity index (χ2v) is 4.40. The molecule has 0 spiro atoms. The van der Waals surface area contributed by atoms with Gasteiger partial charge in [0, 0.05) is 9.75 Å². The number of urea groups is 1. The van der Waals surface area contributed by atoms with E-state index in [2.05, 4.69) is 17.6 Å². The van der Waals surface area contributed by atoms with Gasteiger partial charge < -0.3 is 15.7 Å². The van der Waals surface area contributed by atoms with Crippen LogP contribution in [0.5, 0.6) is 0 Å². The molecule has 0 saturated carbocycles. The summed E-state index contributed by atoms with van der Waals surface area (Å²) in [6.07, 6.45) is 0.982. The Bertz CT molecular complexity index is 376. The topological polar surface area (TPSA) is 78.4 Å². The van der Waals surface area contributed by atoms with E-state index >= 15 is 0 Å². The van der Waals surface area contributed by atoms with Crippen molar-refractivity contribution in [2.45, 2.75) is 19.9 Å². The molecular weight excluding hydrogens is 228 g/mol. The Kier molecular flexibility index (Phi) is 4.78. The van der Waals surface area contributed by atoms with E-state index in [4.69, 9.17) is 5.11 Å². The van der Waals surface area contributed by atoms with Crippen LogP contribution < -0.4 is 10.6 Å². The lowest BCUT2D eigenvalue weighted by Gasteiger charge is -2.03. The maximum Gasteiger partial charge on any atom is 0.323 e. The molecule has 1 aromatic heterocycles. The van der Waals surface area contributed by atoms with Crippen molar-refractivity contribution in [3.63, 3.8) is 0 Å². The first-order valence-corrected chi connectivity index (χ1v) is 5.74. The molecule has 0 atom stereocenters. The van der Waals surface area contributed by atoms with E-state index in [1.165, 1.54) is 4.88 Å². The number of rotatable bonds is 5. The zero-order chi connectivity index (χ0) is 12.0. The molecule has 1 rings (SSSR count). The number of carboxylic acids is 1. The molecule has 16 heavy (non-hydrogen) atoms. The van der Waals surface area contributed by atoms with E-state index in [1.807, 2.05) is 12.1 Å². The fourth-order valence-electron chi connectivity index (χ4n) is 1.09. The third-order valence-corrected chi connectivity index (χ3v) is 3.12. The molecule has 0 bridgehead atoms. The summed E-state index contributed by atoms with van der Waals surface area (Å²) in [7, 11) is 0. The van der Waals surface area contributed by atoms with E-state index in [0.29, 0.717) is 6.54 Å². The summed E-state index contributed by atoms with van der Waals surface area (Å²) in [5, 5.41) is 13.2. The molecule has 0 saturated heterocycles. The van der Waals surface area contributed by atoms with Gasteiger partial charge in [-0.25, -0.2) is 4.79 Å². The predicted molar refractivity (Wildman–Crippen MR) is 61.6 cm³/mol. The summed E-state index contributed by atoms with van der Waals surface area (Å²) < 4.78 is 0. The van der Waals surface area contributed by atoms with Crippen molar-refractivity contribution >= 4 is 23.3 Å². The average molecular weight is 242 g/mol. The quantitative estimate of drug-likeness (QED) is 0.725. The number of aryl methyl sites for hydroxylation is 1. The molecule has 0 radical (unpaired) electrons. The van der Waals surface area contributed by atoms with Gasteiger partial charge in [-0.05, 0) is 18.6 Å². The van der Waals surface area contributed by atoms with Gasteiger partial charge in [-0.3, -0.25) is 4.79 Å². The normalized spacial score (nSPS) is 9.81. The van der Waals surface area contributed by atoms with Crippen LogP contribution in [-0.2, 0) is 17.8 Å². The highest BCUT2D eigenvalue weighted by Gasteiger charge is 2.04. The molecule has 0 aliphatic rings. The van der Waals surface area contributed by atoms with Gasteiger partial charge in [-0.1, -0.05) is 6.92 Å². The van der Waals surface area contributed by atoms with Gasteiger partial charge in [0.05, 0.1) is 6.54 Å². The predicted octanol–water partition coefficient (Wildman–Crippen LogP) is 1.19. The Hall–Kier alpha value is -1.56. The zero-order valence-electron chi connectivity index (χ0n) is 8.95. The van der Waals surface area contributed by atoms with Crippen LogP contribution in [0.4, 0.5) is 4.79 Å². The molecule has 1 aromatic rings. The summed E-state index contributed by atoms with van der Waals surface area (Å²) in [6.45, 7) is 2.13. The molecule has 88 valence electrons. The molecule has 5 nitrogen and oxygen atoms in total. The number of carboxylic acid groups (broad SMARTS) is 1. The fourth-order valence-corrected chi connectivity index (χ4v) is 1.99. The Morgan fingerprint density at radius 3 is 2.56 bits per heavy atom. The van der Waals surface area contributed by atoms with Crippen molar-refractivity contribution in [2.24, 2.45) is 0 Å². The third kappa shape index (κ3) is 4.31. The molecule has 0 aliphatic carbocycles. The van der Waals surface area contributed by atoms with Crippen LogP contribution in [0.25, 0.3) is 0 Å². The molecule has 6 heteroatoms. The smallest absolute Gasteiger partial charge is 0.323 e. The van der Waals surface area contributed by atoms with Crippen molar-refractivity contribution in [1.29, 1.82) is 0 Å². The molecule has 0 aliphatic heterocycles. The second kappa shape index (κ2) is 6.12. The standard InChI is InChI=1S/C10H14N2O3S/c1-2-7-3-4-8(16-7)5-11-10(15)12-6-9(13)14/h3-4H,2,5-6H2,1H3,(H,13,14)(H2,11,12,15). The number of hydrogen-bond donors (Lipinski definition) is 3. The summed E-state index contributed by atoms with van der Waals surface area (Å²) in [5.74, 6) is -1.06. The number of hydrogen-bond acceptors (Lipinski definition) is 3. The van der Waals surface area contributed by atoms with E-state index in [0.717, 1.165) is 11.3 Å². The largest absolute Gasteiger partial charge is 0.480 e. The zero-order valence-corrected chi connectivity index (χ0v) is 9.76. The van der Waals surface area contributed by atoms with Crippen molar-refractivity contribution in [1.82, 2.24) is 10.6 Å². The first-order valence-electron chi connectivity index (χ1n) is 4.93. The lowest BCUT2D eigenvalue weighted by Crippen LogP contribution is -2.37. The van der Waals surface area contributed by atoms with E-state index in [1.54, 1.807) is 11.3 Å². The molecule has 0 fully saturated rings. The first-order chi connectivity index (χ1) is 7.61. The highest BCUT2D eigenvalue weighted by Crippen LogP contribution is 2.16. The number of nitrogens with one attached hydrogen (secondary N) is 2. The van der Waals surface area contributed by atoms with Crippen LogP contribution in [0.2, 0.25) is 0 Å². The summed E-state index contributed by atoms with van der Waals surface area (Å²) in [4.78, 5) is 23.6. The number of aliphatic carboxylic acids is 1. The van der Waals surface area contributed by atoms with Crippen molar-refractivity contribution in [3.8, 4) is 0 Å². The van der Waals surface area contributed by atoms with Crippen LogP contribution in [0.1, 0.15) is 16.7 Å². The van der Waals surface area contributed by atoms with Gasteiger partial charge in [-0.2, -0.15) is 0 Å². The molecule has 2 amide bonds. The van der Waals surface area contributed by atoms with Crippen LogP contribution in [0, 0.1) is 0 Å². The minimum atomic E-state index is -1.06. The number of thiophene rings is 1. The van der Waals surface area contributed by atoms with Gasteiger partial charge in [0.2, 0.25) is 0 Å². The number of amides is 2. The second-order valence-electron chi connectivity index (χ2n) is 3.15.